The monoisotopic (exact) mass is 492 g/mol. The molecule has 10 nitrogen and oxygen atoms in total. The number of amides is 1. The minimum Gasteiger partial charge on any atom is -0.486 e. The average molecular weight is 493 g/mol. The standard InChI is InChI=1S/C26H32N6O4/c33-21(11-28-26(34)24-10-25(30-16-29-24)31-20-3-1-2-4-20)14-32-8-7-18-9-22(6-5-19(18)13-32)35-15-23-12-27-17-36-23/h5-6,9-10,12,16-17,20-21,33H,1-4,7-8,11,13-15H2,(H,28,34)(H,29,30,31). The van der Waals surface area contributed by atoms with Crippen LogP contribution in [0.3, 0.4) is 0 Å². The van der Waals surface area contributed by atoms with Gasteiger partial charge in [0.2, 0.25) is 0 Å². The maximum Gasteiger partial charge on any atom is 0.270 e. The second-order valence-electron chi connectivity index (χ2n) is 9.45. The van der Waals surface area contributed by atoms with Gasteiger partial charge >= 0.3 is 0 Å². The van der Waals surface area contributed by atoms with Gasteiger partial charge in [-0.1, -0.05) is 18.9 Å². The Labute approximate surface area is 210 Å². The molecular weight excluding hydrogens is 460 g/mol. The van der Waals surface area contributed by atoms with Crippen molar-refractivity contribution in [1.82, 2.24) is 25.2 Å². The van der Waals surface area contributed by atoms with Crippen molar-refractivity contribution in [3.63, 3.8) is 0 Å². The number of fused-ring (bicyclic) bond motifs is 1. The summed E-state index contributed by atoms with van der Waals surface area (Å²) < 4.78 is 11.0. The van der Waals surface area contributed by atoms with E-state index >= 15 is 0 Å². The lowest BCUT2D eigenvalue weighted by Gasteiger charge is -2.30. The van der Waals surface area contributed by atoms with Crippen molar-refractivity contribution in [2.75, 3.05) is 25.0 Å². The quantitative estimate of drug-likeness (QED) is 0.391. The summed E-state index contributed by atoms with van der Waals surface area (Å²) in [5, 5.41) is 16.7. The molecule has 2 aromatic heterocycles. The van der Waals surface area contributed by atoms with Crippen LogP contribution < -0.4 is 15.4 Å². The van der Waals surface area contributed by atoms with Gasteiger partial charge in [0.1, 0.15) is 30.2 Å². The van der Waals surface area contributed by atoms with Gasteiger partial charge in [-0.2, -0.15) is 0 Å². The number of aliphatic hydroxyl groups is 1. The van der Waals surface area contributed by atoms with Gasteiger partial charge in [-0.15, -0.1) is 0 Å². The summed E-state index contributed by atoms with van der Waals surface area (Å²) in [6.45, 7) is 2.54. The molecule has 1 saturated carbocycles. The Balaban J connectivity index is 1.07. The first-order valence-corrected chi connectivity index (χ1v) is 12.5. The third-order valence-corrected chi connectivity index (χ3v) is 6.71. The average Bonchev–Trinajstić information content (AvgIpc) is 3.61. The van der Waals surface area contributed by atoms with Crippen LogP contribution in [0.4, 0.5) is 5.82 Å². The zero-order valence-electron chi connectivity index (χ0n) is 20.2. The Kier molecular flexibility index (Phi) is 7.73. The molecule has 0 saturated heterocycles. The highest BCUT2D eigenvalue weighted by atomic mass is 16.5. The number of rotatable bonds is 10. The van der Waals surface area contributed by atoms with E-state index in [1.165, 1.54) is 36.7 Å². The van der Waals surface area contributed by atoms with Crippen molar-refractivity contribution in [2.24, 2.45) is 0 Å². The van der Waals surface area contributed by atoms with Crippen LogP contribution in [-0.2, 0) is 19.6 Å². The van der Waals surface area contributed by atoms with E-state index in [2.05, 4.69) is 42.6 Å². The Bertz CT molecular complexity index is 1150. The van der Waals surface area contributed by atoms with Crippen LogP contribution in [0.25, 0.3) is 0 Å². The van der Waals surface area contributed by atoms with Crippen molar-refractivity contribution >= 4 is 11.7 Å². The molecule has 1 aliphatic carbocycles. The number of oxazole rings is 1. The molecule has 0 spiro atoms. The number of ether oxygens (including phenoxy) is 1. The number of hydrogen-bond donors (Lipinski definition) is 3. The predicted molar refractivity (Wildman–Crippen MR) is 133 cm³/mol. The van der Waals surface area contributed by atoms with Crippen molar-refractivity contribution in [3.8, 4) is 5.75 Å². The van der Waals surface area contributed by atoms with Crippen molar-refractivity contribution < 1.29 is 19.1 Å². The zero-order chi connectivity index (χ0) is 24.7. The molecule has 3 heterocycles. The van der Waals surface area contributed by atoms with Gasteiger partial charge in [-0.25, -0.2) is 15.0 Å². The molecule has 3 N–H and O–H groups in total. The summed E-state index contributed by atoms with van der Waals surface area (Å²) >= 11 is 0. The van der Waals surface area contributed by atoms with Gasteiger partial charge in [0.15, 0.2) is 12.2 Å². The van der Waals surface area contributed by atoms with E-state index in [0.29, 0.717) is 36.5 Å². The zero-order valence-corrected chi connectivity index (χ0v) is 20.2. The molecule has 1 aliphatic heterocycles. The van der Waals surface area contributed by atoms with Crippen LogP contribution in [0.5, 0.6) is 5.75 Å². The summed E-state index contributed by atoms with van der Waals surface area (Å²) in [4.78, 5) is 27.0. The molecule has 36 heavy (non-hydrogen) atoms. The third kappa shape index (κ3) is 6.38. The fourth-order valence-electron chi connectivity index (χ4n) is 4.80. The first-order valence-electron chi connectivity index (χ1n) is 12.5. The Hall–Kier alpha value is -3.50. The minimum absolute atomic E-state index is 0.159. The predicted octanol–water partition coefficient (Wildman–Crippen LogP) is 2.55. The van der Waals surface area contributed by atoms with Crippen LogP contribution in [0.1, 0.15) is 53.1 Å². The minimum atomic E-state index is -0.682. The van der Waals surface area contributed by atoms with E-state index in [1.807, 2.05) is 6.07 Å². The summed E-state index contributed by atoms with van der Waals surface area (Å²) in [6.07, 6.45) is 9.30. The van der Waals surface area contributed by atoms with E-state index in [4.69, 9.17) is 9.15 Å². The smallest absolute Gasteiger partial charge is 0.270 e. The van der Waals surface area contributed by atoms with Crippen molar-refractivity contribution in [1.29, 1.82) is 0 Å². The molecule has 0 bridgehead atoms. The van der Waals surface area contributed by atoms with Crippen LogP contribution in [-0.4, -0.2) is 62.6 Å². The number of nitrogens with one attached hydrogen (secondary N) is 2. The number of benzene rings is 1. The number of aromatic nitrogens is 3. The maximum atomic E-state index is 12.6. The molecule has 5 rings (SSSR count). The van der Waals surface area contributed by atoms with Crippen LogP contribution in [0.15, 0.2) is 47.6 Å². The van der Waals surface area contributed by atoms with E-state index in [9.17, 15) is 9.90 Å². The molecular formula is C26H32N6O4. The Morgan fingerprint density at radius 1 is 1.22 bits per heavy atom. The molecule has 1 fully saturated rings. The lowest BCUT2D eigenvalue weighted by atomic mass is 9.99. The maximum absolute atomic E-state index is 12.6. The van der Waals surface area contributed by atoms with Gasteiger partial charge in [0, 0.05) is 38.3 Å². The van der Waals surface area contributed by atoms with E-state index in [0.717, 1.165) is 38.1 Å². The summed E-state index contributed by atoms with van der Waals surface area (Å²) in [6, 6.07) is 8.16. The second kappa shape index (κ2) is 11.5. The van der Waals surface area contributed by atoms with Gasteiger partial charge in [0.25, 0.3) is 5.91 Å². The van der Waals surface area contributed by atoms with Crippen LogP contribution >= 0.6 is 0 Å². The number of hydrogen-bond acceptors (Lipinski definition) is 9. The van der Waals surface area contributed by atoms with Crippen molar-refractivity contribution in [2.45, 2.75) is 57.4 Å². The van der Waals surface area contributed by atoms with Gasteiger partial charge in [-0.3, -0.25) is 9.69 Å². The number of nitrogens with zero attached hydrogens (tertiary/aromatic N) is 4. The number of aliphatic hydroxyl groups excluding tert-OH is 1. The van der Waals surface area contributed by atoms with Gasteiger partial charge < -0.3 is 24.9 Å². The molecule has 1 aromatic carbocycles. The van der Waals surface area contributed by atoms with Crippen LogP contribution in [0.2, 0.25) is 0 Å². The van der Waals surface area contributed by atoms with E-state index < -0.39 is 6.10 Å². The Morgan fingerprint density at radius 2 is 2.11 bits per heavy atom. The van der Waals surface area contributed by atoms with E-state index in [-0.39, 0.29) is 12.5 Å². The molecule has 1 atom stereocenters. The SMILES string of the molecule is O=C(NCC(O)CN1CCc2cc(OCc3cnco3)ccc2C1)c1cc(NC2CCCC2)ncn1. The number of carbonyl (C=O) groups excluding carboxylic acids is 1. The second-order valence-corrected chi connectivity index (χ2v) is 9.45. The highest BCUT2D eigenvalue weighted by Crippen LogP contribution is 2.25. The Morgan fingerprint density at radius 3 is 2.94 bits per heavy atom. The molecule has 10 heteroatoms. The lowest BCUT2D eigenvalue weighted by Crippen LogP contribution is -2.42. The molecule has 3 aromatic rings. The molecule has 0 radical (unpaired) electrons. The number of anilines is 1. The first kappa shape index (κ1) is 24.2. The normalized spacial score (nSPS) is 16.9. The largest absolute Gasteiger partial charge is 0.486 e. The molecule has 1 unspecified atom stereocenters. The number of β-amino-alcohol motifs (C(OH)–C–C–N with tert-alkyl or cyclic N) is 1. The highest BCUT2D eigenvalue weighted by molar-refractivity contribution is 5.92. The molecule has 2 aliphatic rings. The molecule has 190 valence electrons. The fraction of sp³-hybridized carbons (Fsp3) is 0.462. The summed E-state index contributed by atoms with van der Waals surface area (Å²) in [5.74, 6) is 1.84. The van der Waals surface area contributed by atoms with Gasteiger partial charge in [-0.05, 0) is 42.5 Å². The topological polar surface area (TPSA) is 126 Å². The fourth-order valence-corrected chi connectivity index (χ4v) is 4.80. The lowest BCUT2D eigenvalue weighted by molar-refractivity contribution is 0.0838. The molecule has 1 amide bonds. The van der Waals surface area contributed by atoms with Gasteiger partial charge in [0.05, 0.1) is 12.3 Å². The van der Waals surface area contributed by atoms with E-state index in [1.54, 1.807) is 12.3 Å². The third-order valence-electron chi connectivity index (χ3n) is 6.71. The highest BCUT2D eigenvalue weighted by Gasteiger charge is 2.21. The number of carbonyl (C=O) groups is 1. The first-order chi connectivity index (χ1) is 17.6. The summed E-state index contributed by atoms with van der Waals surface area (Å²) in [7, 11) is 0. The summed E-state index contributed by atoms with van der Waals surface area (Å²) in [5.41, 5.74) is 2.76. The van der Waals surface area contributed by atoms with Crippen LogP contribution in [0, 0.1) is 0 Å². The van der Waals surface area contributed by atoms with Crippen molar-refractivity contribution in [3.05, 3.63) is 65.8 Å².